The standard InChI is InChI=1S/C17H25N3O2.ClH/c1-11(2)19-16(21)13-6-7-15(12(3)9-13)20-17(22)14-5-4-8-18-10-14;/h6-7,9,11,14,18H,4-5,8,10H2,1-3H3,(H,19,21)(H,20,22);1H. The second-order valence-electron chi connectivity index (χ2n) is 6.19. The first kappa shape index (κ1) is 19.5. The Balaban J connectivity index is 0.00000264. The van der Waals surface area contributed by atoms with Gasteiger partial charge in [0, 0.05) is 23.8 Å². The van der Waals surface area contributed by atoms with Gasteiger partial charge in [0.15, 0.2) is 0 Å². The Hall–Kier alpha value is -1.59. The Morgan fingerprint density at radius 3 is 2.61 bits per heavy atom. The summed E-state index contributed by atoms with van der Waals surface area (Å²) in [5.74, 6) is -0.0146. The molecule has 128 valence electrons. The van der Waals surface area contributed by atoms with E-state index in [1.165, 1.54) is 0 Å². The smallest absolute Gasteiger partial charge is 0.251 e. The summed E-state index contributed by atoms with van der Waals surface area (Å²) < 4.78 is 0. The minimum Gasteiger partial charge on any atom is -0.350 e. The Kier molecular flexibility index (Phi) is 7.52. The molecule has 0 aromatic heterocycles. The van der Waals surface area contributed by atoms with Gasteiger partial charge in [-0.05, 0) is 63.9 Å². The number of piperidine rings is 1. The van der Waals surface area contributed by atoms with E-state index in [2.05, 4.69) is 16.0 Å². The molecule has 0 aliphatic carbocycles. The predicted molar refractivity (Wildman–Crippen MR) is 95.3 cm³/mol. The summed E-state index contributed by atoms with van der Waals surface area (Å²) in [7, 11) is 0. The lowest BCUT2D eigenvalue weighted by Crippen LogP contribution is -2.37. The molecular weight excluding hydrogens is 314 g/mol. The third kappa shape index (κ3) is 5.52. The zero-order valence-corrected chi connectivity index (χ0v) is 14.8. The van der Waals surface area contributed by atoms with Crippen LogP contribution in [-0.4, -0.2) is 30.9 Å². The molecule has 6 heteroatoms. The molecule has 2 rings (SSSR count). The van der Waals surface area contributed by atoms with E-state index in [9.17, 15) is 9.59 Å². The number of aryl methyl sites for hydroxylation is 1. The molecule has 5 nitrogen and oxygen atoms in total. The topological polar surface area (TPSA) is 70.2 Å². The lowest BCUT2D eigenvalue weighted by Gasteiger charge is -2.22. The lowest BCUT2D eigenvalue weighted by atomic mass is 9.98. The number of nitrogens with one attached hydrogen (secondary N) is 3. The Labute approximate surface area is 144 Å². The Bertz CT molecular complexity index is 555. The first-order valence-corrected chi connectivity index (χ1v) is 7.90. The summed E-state index contributed by atoms with van der Waals surface area (Å²) >= 11 is 0. The van der Waals surface area contributed by atoms with Gasteiger partial charge in [-0.1, -0.05) is 0 Å². The van der Waals surface area contributed by atoms with Crippen molar-refractivity contribution in [1.29, 1.82) is 0 Å². The molecule has 0 radical (unpaired) electrons. The summed E-state index contributed by atoms with van der Waals surface area (Å²) in [5, 5.41) is 9.08. The fourth-order valence-corrected chi connectivity index (χ4v) is 2.60. The van der Waals surface area contributed by atoms with Gasteiger partial charge in [0.2, 0.25) is 5.91 Å². The predicted octanol–water partition coefficient (Wildman–Crippen LogP) is 2.49. The normalized spacial score (nSPS) is 17.3. The highest BCUT2D eigenvalue weighted by Gasteiger charge is 2.21. The second kappa shape index (κ2) is 8.89. The van der Waals surface area contributed by atoms with Crippen LogP contribution in [-0.2, 0) is 4.79 Å². The highest BCUT2D eigenvalue weighted by atomic mass is 35.5. The van der Waals surface area contributed by atoms with E-state index in [4.69, 9.17) is 0 Å². The average Bonchev–Trinajstić information content (AvgIpc) is 2.49. The van der Waals surface area contributed by atoms with Gasteiger partial charge in [0.1, 0.15) is 0 Å². The van der Waals surface area contributed by atoms with Crippen molar-refractivity contribution in [1.82, 2.24) is 10.6 Å². The van der Waals surface area contributed by atoms with Crippen LogP contribution in [0.2, 0.25) is 0 Å². The van der Waals surface area contributed by atoms with Crippen molar-refractivity contribution in [3.63, 3.8) is 0 Å². The van der Waals surface area contributed by atoms with E-state index < -0.39 is 0 Å². The van der Waals surface area contributed by atoms with Gasteiger partial charge >= 0.3 is 0 Å². The average molecular weight is 340 g/mol. The van der Waals surface area contributed by atoms with Gasteiger partial charge in [-0.2, -0.15) is 0 Å². The maximum absolute atomic E-state index is 12.3. The molecule has 1 saturated heterocycles. The largest absolute Gasteiger partial charge is 0.350 e. The van der Waals surface area contributed by atoms with E-state index >= 15 is 0 Å². The number of hydrogen-bond donors (Lipinski definition) is 3. The van der Waals surface area contributed by atoms with Crippen LogP contribution in [0.25, 0.3) is 0 Å². The maximum Gasteiger partial charge on any atom is 0.251 e. The Morgan fingerprint density at radius 2 is 2.04 bits per heavy atom. The van der Waals surface area contributed by atoms with E-state index in [0.717, 1.165) is 37.2 Å². The summed E-state index contributed by atoms with van der Waals surface area (Å²) in [5.41, 5.74) is 2.29. The maximum atomic E-state index is 12.3. The number of anilines is 1. The molecule has 1 atom stereocenters. The summed E-state index contributed by atoms with van der Waals surface area (Å²) in [6.07, 6.45) is 1.96. The second-order valence-corrected chi connectivity index (χ2v) is 6.19. The third-order valence-electron chi connectivity index (χ3n) is 3.83. The summed E-state index contributed by atoms with van der Waals surface area (Å²) in [4.78, 5) is 24.2. The van der Waals surface area contributed by atoms with Gasteiger partial charge in [-0.3, -0.25) is 9.59 Å². The SMILES string of the molecule is Cc1cc(C(=O)NC(C)C)ccc1NC(=O)C1CCCNC1.Cl. The first-order chi connectivity index (χ1) is 10.5. The van der Waals surface area contributed by atoms with Crippen molar-refractivity contribution < 1.29 is 9.59 Å². The highest BCUT2D eigenvalue weighted by molar-refractivity contribution is 5.97. The molecule has 0 spiro atoms. The molecule has 2 amide bonds. The monoisotopic (exact) mass is 339 g/mol. The highest BCUT2D eigenvalue weighted by Crippen LogP contribution is 2.19. The molecule has 23 heavy (non-hydrogen) atoms. The van der Waals surface area contributed by atoms with Crippen LogP contribution in [0, 0.1) is 12.8 Å². The number of rotatable bonds is 4. The molecule has 1 aliphatic rings. The molecule has 0 saturated carbocycles. The lowest BCUT2D eigenvalue weighted by molar-refractivity contribution is -0.120. The molecule has 1 aromatic rings. The molecule has 1 unspecified atom stereocenters. The molecule has 1 aromatic carbocycles. The third-order valence-corrected chi connectivity index (χ3v) is 3.83. The van der Waals surface area contributed by atoms with Crippen molar-refractivity contribution in [3.05, 3.63) is 29.3 Å². The fraction of sp³-hybridized carbons (Fsp3) is 0.529. The fourth-order valence-electron chi connectivity index (χ4n) is 2.60. The number of benzene rings is 1. The van der Waals surface area contributed by atoms with Gasteiger partial charge in [0.25, 0.3) is 5.91 Å². The van der Waals surface area contributed by atoms with E-state index in [1.807, 2.05) is 26.8 Å². The number of hydrogen-bond acceptors (Lipinski definition) is 3. The van der Waals surface area contributed by atoms with Crippen molar-refractivity contribution in [2.75, 3.05) is 18.4 Å². The van der Waals surface area contributed by atoms with Crippen LogP contribution in [0.4, 0.5) is 5.69 Å². The molecular formula is C17H26ClN3O2. The van der Waals surface area contributed by atoms with Crippen molar-refractivity contribution >= 4 is 29.9 Å². The Morgan fingerprint density at radius 1 is 1.30 bits per heavy atom. The quantitative estimate of drug-likeness (QED) is 0.789. The number of amides is 2. The van der Waals surface area contributed by atoms with Crippen LogP contribution < -0.4 is 16.0 Å². The van der Waals surface area contributed by atoms with E-state index in [-0.39, 0.29) is 36.2 Å². The molecule has 1 fully saturated rings. The number of carbonyl (C=O) groups is 2. The van der Waals surface area contributed by atoms with Crippen molar-refractivity contribution in [2.45, 2.75) is 39.7 Å². The van der Waals surface area contributed by atoms with Crippen molar-refractivity contribution in [3.8, 4) is 0 Å². The van der Waals surface area contributed by atoms with Gasteiger partial charge < -0.3 is 16.0 Å². The number of carbonyl (C=O) groups excluding carboxylic acids is 2. The van der Waals surface area contributed by atoms with Crippen LogP contribution in [0.5, 0.6) is 0 Å². The minimum absolute atomic E-state index is 0. The van der Waals surface area contributed by atoms with Crippen LogP contribution in [0.1, 0.15) is 42.6 Å². The summed E-state index contributed by atoms with van der Waals surface area (Å²) in [6.45, 7) is 7.48. The molecule has 1 heterocycles. The first-order valence-electron chi connectivity index (χ1n) is 7.90. The molecule has 1 aliphatic heterocycles. The molecule has 3 N–H and O–H groups in total. The number of halogens is 1. The van der Waals surface area contributed by atoms with Crippen LogP contribution in [0.15, 0.2) is 18.2 Å². The van der Waals surface area contributed by atoms with Crippen LogP contribution in [0.3, 0.4) is 0 Å². The van der Waals surface area contributed by atoms with Gasteiger partial charge in [0.05, 0.1) is 5.92 Å². The van der Waals surface area contributed by atoms with Gasteiger partial charge in [-0.25, -0.2) is 0 Å². The summed E-state index contributed by atoms with van der Waals surface area (Å²) in [6, 6.07) is 5.47. The van der Waals surface area contributed by atoms with Gasteiger partial charge in [-0.15, -0.1) is 12.4 Å². The van der Waals surface area contributed by atoms with Crippen LogP contribution >= 0.6 is 12.4 Å². The zero-order chi connectivity index (χ0) is 16.1. The van der Waals surface area contributed by atoms with E-state index in [1.54, 1.807) is 12.1 Å². The van der Waals surface area contributed by atoms with E-state index in [0.29, 0.717) is 5.56 Å². The molecule has 0 bridgehead atoms. The zero-order valence-electron chi connectivity index (χ0n) is 13.9. The van der Waals surface area contributed by atoms with Crippen molar-refractivity contribution in [2.24, 2.45) is 5.92 Å². The minimum atomic E-state index is -0.0903.